The average Bonchev–Trinajstić information content (AvgIpc) is 2.80. The second kappa shape index (κ2) is 5.48. The fourth-order valence-corrected chi connectivity index (χ4v) is 2.50. The smallest absolute Gasteiger partial charge is 0.234 e. The van der Waals surface area contributed by atoms with E-state index < -0.39 is 0 Å². The Morgan fingerprint density at radius 3 is 2.75 bits per heavy atom. The zero-order chi connectivity index (χ0) is 11.4. The van der Waals surface area contributed by atoms with Gasteiger partial charge in [0.2, 0.25) is 5.91 Å². The molecule has 2 rings (SSSR count). The van der Waals surface area contributed by atoms with Gasteiger partial charge in [0.25, 0.3) is 0 Å². The number of nitrogens with one attached hydrogen (secondary N) is 2. The molecule has 0 saturated heterocycles. The highest BCUT2D eigenvalue weighted by molar-refractivity contribution is 5.78. The van der Waals surface area contributed by atoms with Crippen LogP contribution in [0.2, 0.25) is 0 Å². The molecule has 0 radical (unpaired) electrons. The molecule has 2 aliphatic rings. The van der Waals surface area contributed by atoms with Crippen molar-refractivity contribution in [1.82, 2.24) is 10.6 Å². The minimum atomic E-state index is 0.132. The molecule has 1 amide bonds. The minimum absolute atomic E-state index is 0.132. The SMILES string of the molecule is C=C[C@@H]1C[C@H]1NC(=O)CNCC1CCCC1. The van der Waals surface area contributed by atoms with Crippen molar-refractivity contribution in [2.75, 3.05) is 13.1 Å². The van der Waals surface area contributed by atoms with Crippen LogP contribution in [0.25, 0.3) is 0 Å². The molecule has 2 saturated carbocycles. The Morgan fingerprint density at radius 2 is 2.12 bits per heavy atom. The summed E-state index contributed by atoms with van der Waals surface area (Å²) < 4.78 is 0. The lowest BCUT2D eigenvalue weighted by Crippen LogP contribution is -2.37. The summed E-state index contributed by atoms with van der Waals surface area (Å²) in [5.74, 6) is 1.45. The van der Waals surface area contributed by atoms with Crippen molar-refractivity contribution in [3.05, 3.63) is 12.7 Å². The van der Waals surface area contributed by atoms with Crippen LogP contribution < -0.4 is 10.6 Å². The maximum absolute atomic E-state index is 11.5. The average molecular weight is 222 g/mol. The minimum Gasteiger partial charge on any atom is -0.352 e. The summed E-state index contributed by atoms with van der Waals surface area (Å²) in [5.41, 5.74) is 0. The number of carbonyl (C=O) groups excluding carboxylic acids is 1. The van der Waals surface area contributed by atoms with Gasteiger partial charge in [0.1, 0.15) is 0 Å². The van der Waals surface area contributed by atoms with Crippen LogP contribution in [-0.2, 0) is 4.79 Å². The molecule has 0 heterocycles. The van der Waals surface area contributed by atoms with E-state index in [1.54, 1.807) is 0 Å². The van der Waals surface area contributed by atoms with E-state index in [9.17, 15) is 4.79 Å². The molecule has 0 aromatic heterocycles. The highest BCUT2D eigenvalue weighted by Gasteiger charge is 2.35. The normalized spacial score (nSPS) is 29.0. The molecule has 16 heavy (non-hydrogen) atoms. The van der Waals surface area contributed by atoms with Gasteiger partial charge in [-0.05, 0) is 37.6 Å². The molecule has 2 N–H and O–H groups in total. The summed E-state index contributed by atoms with van der Waals surface area (Å²) in [5, 5.41) is 6.26. The molecule has 0 aromatic carbocycles. The lowest BCUT2D eigenvalue weighted by Gasteiger charge is -2.10. The number of amides is 1. The molecule has 0 spiro atoms. The molecule has 3 heteroatoms. The van der Waals surface area contributed by atoms with Gasteiger partial charge in [-0.15, -0.1) is 6.58 Å². The van der Waals surface area contributed by atoms with Gasteiger partial charge in [-0.2, -0.15) is 0 Å². The first kappa shape index (κ1) is 11.6. The van der Waals surface area contributed by atoms with Crippen LogP contribution in [0.3, 0.4) is 0 Å². The topological polar surface area (TPSA) is 41.1 Å². The van der Waals surface area contributed by atoms with Crippen molar-refractivity contribution in [2.45, 2.75) is 38.1 Å². The van der Waals surface area contributed by atoms with Crippen LogP contribution in [0, 0.1) is 11.8 Å². The van der Waals surface area contributed by atoms with Gasteiger partial charge in [-0.1, -0.05) is 18.9 Å². The van der Waals surface area contributed by atoms with E-state index in [4.69, 9.17) is 0 Å². The summed E-state index contributed by atoms with van der Waals surface area (Å²) in [6.07, 6.45) is 8.38. The van der Waals surface area contributed by atoms with Crippen LogP contribution in [0.4, 0.5) is 0 Å². The molecule has 90 valence electrons. The van der Waals surface area contributed by atoms with Crippen molar-refractivity contribution in [1.29, 1.82) is 0 Å². The van der Waals surface area contributed by atoms with E-state index in [0.29, 0.717) is 18.5 Å². The van der Waals surface area contributed by atoms with Gasteiger partial charge < -0.3 is 10.6 Å². The second-order valence-electron chi connectivity index (χ2n) is 5.09. The Hall–Kier alpha value is -0.830. The first-order chi connectivity index (χ1) is 7.79. The highest BCUT2D eigenvalue weighted by Crippen LogP contribution is 2.30. The van der Waals surface area contributed by atoms with Crippen LogP contribution in [0.15, 0.2) is 12.7 Å². The number of hydrogen-bond acceptors (Lipinski definition) is 2. The molecular formula is C13H22N2O. The summed E-state index contributed by atoms with van der Waals surface area (Å²) in [6.45, 7) is 5.20. The molecule has 2 aliphatic carbocycles. The van der Waals surface area contributed by atoms with Gasteiger partial charge >= 0.3 is 0 Å². The zero-order valence-electron chi connectivity index (χ0n) is 9.87. The molecule has 2 fully saturated rings. The van der Waals surface area contributed by atoms with Gasteiger partial charge in [0.05, 0.1) is 6.54 Å². The van der Waals surface area contributed by atoms with Crippen LogP contribution in [0.1, 0.15) is 32.1 Å². The van der Waals surface area contributed by atoms with Crippen LogP contribution >= 0.6 is 0 Å². The Morgan fingerprint density at radius 1 is 1.38 bits per heavy atom. The fraction of sp³-hybridized carbons (Fsp3) is 0.769. The maximum atomic E-state index is 11.5. The number of hydrogen-bond donors (Lipinski definition) is 2. The van der Waals surface area contributed by atoms with Gasteiger partial charge in [-0.3, -0.25) is 4.79 Å². The fourth-order valence-electron chi connectivity index (χ4n) is 2.50. The van der Waals surface area contributed by atoms with Gasteiger partial charge in [0.15, 0.2) is 0 Å². The highest BCUT2D eigenvalue weighted by atomic mass is 16.2. The van der Waals surface area contributed by atoms with E-state index >= 15 is 0 Å². The predicted octanol–water partition coefficient (Wildman–Crippen LogP) is 1.46. The molecule has 0 aliphatic heterocycles. The lowest BCUT2D eigenvalue weighted by atomic mass is 10.1. The van der Waals surface area contributed by atoms with Crippen molar-refractivity contribution in [2.24, 2.45) is 11.8 Å². The van der Waals surface area contributed by atoms with E-state index in [2.05, 4.69) is 17.2 Å². The van der Waals surface area contributed by atoms with Gasteiger partial charge in [0, 0.05) is 6.04 Å². The first-order valence-corrected chi connectivity index (χ1v) is 6.42. The largest absolute Gasteiger partial charge is 0.352 e. The summed E-state index contributed by atoms with van der Waals surface area (Å²) >= 11 is 0. The first-order valence-electron chi connectivity index (χ1n) is 6.42. The molecule has 2 atom stereocenters. The van der Waals surface area contributed by atoms with E-state index in [1.165, 1.54) is 25.7 Å². The summed E-state index contributed by atoms with van der Waals surface area (Å²) in [7, 11) is 0. The molecule has 3 nitrogen and oxygen atoms in total. The monoisotopic (exact) mass is 222 g/mol. The summed E-state index contributed by atoms with van der Waals surface area (Å²) in [4.78, 5) is 11.5. The Balaban J connectivity index is 1.52. The Labute approximate surface area is 97.7 Å². The standard InChI is InChI=1S/C13H22N2O/c1-2-11-7-12(11)15-13(16)9-14-8-10-5-3-4-6-10/h2,10-12,14H,1,3-9H2,(H,15,16)/t11-,12-/m1/s1. The molecule has 0 unspecified atom stereocenters. The predicted molar refractivity (Wildman–Crippen MR) is 65.1 cm³/mol. The van der Waals surface area contributed by atoms with Crippen molar-refractivity contribution >= 4 is 5.91 Å². The third kappa shape index (κ3) is 3.34. The Bertz CT molecular complexity index is 259. The molecule has 0 aromatic rings. The van der Waals surface area contributed by atoms with Crippen LogP contribution in [0.5, 0.6) is 0 Å². The van der Waals surface area contributed by atoms with Crippen molar-refractivity contribution in [3.8, 4) is 0 Å². The summed E-state index contributed by atoms with van der Waals surface area (Å²) in [6, 6.07) is 0.360. The number of carbonyl (C=O) groups is 1. The van der Waals surface area contributed by atoms with E-state index in [-0.39, 0.29) is 5.91 Å². The lowest BCUT2D eigenvalue weighted by molar-refractivity contribution is -0.120. The zero-order valence-corrected chi connectivity index (χ0v) is 9.87. The number of rotatable bonds is 6. The molecule has 0 bridgehead atoms. The van der Waals surface area contributed by atoms with Crippen molar-refractivity contribution in [3.63, 3.8) is 0 Å². The van der Waals surface area contributed by atoms with E-state index in [0.717, 1.165) is 18.9 Å². The maximum Gasteiger partial charge on any atom is 0.234 e. The molecular weight excluding hydrogens is 200 g/mol. The van der Waals surface area contributed by atoms with E-state index in [1.807, 2.05) is 6.08 Å². The quantitative estimate of drug-likeness (QED) is 0.668. The third-order valence-electron chi connectivity index (χ3n) is 3.68. The van der Waals surface area contributed by atoms with Crippen LogP contribution in [-0.4, -0.2) is 25.0 Å². The van der Waals surface area contributed by atoms with Gasteiger partial charge in [-0.25, -0.2) is 0 Å². The van der Waals surface area contributed by atoms with Crippen molar-refractivity contribution < 1.29 is 4.79 Å². The third-order valence-corrected chi connectivity index (χ3v) is 3.68. The second-order valence-corrected chi connectivity index (χ2v) is 5.09. The Kier molecular flexibility index (Phi) is 3.99.